The van der Waals surface area contributed by atoms with Crippen LogP contribution in [0.25, 0.3) is 0 Å². The molecule has 0 heterocycles. The molecule has 0 amide bonds. The number of aliphatic hydroxyl groups excluding tert-OH is 4. The lowest BCUT2D eigenvalue weighted by atomic mass is 10.0. The molecule has 5 heteroatoms. The highest BCUT2D eigenvalue weighted by molar-refractivity contribution is 4.81. The minimum Gasteiger partial charge on any atom is -0.394 e. The molecule has 0 aliphatic carbocycles. The summed E-state index contributed by atoms with van der Waals surface area (Å²) in [6.45, 7) is 5.17. The predicted octanol–water partition coefficient (Wildman–Crippen LogP) is -1.18. The lowest BCUT2D eigenvalue weighted by Crippen LogP contribution is -2.48. The van der Waals surface area contributed by atoms with Crippen LogP contribution in [0, 0.1) is 0 Å². The molecule has 0 aromatic rings. The fraction of sp³-hybridized carbons (Fsp3) is 1.00. The molecule has 0 aliphatic rings. The lowest BCUT2D eigenvalue weighted by Gasteiger charge is -2.25. The Morgan fingerprint density at radius 1 is 1.07 bits per heavy atom. The van der Waals surface area contributed by atoms with E-state index in [1.165, 1.54) is 0 Å². The van der Waals surface area contributed by atoms with Crippen LogP contribution in [-0.2, 0) is 0 Å². The first kappa shape index (κ1) is 16.2. The van der Waals surface area contributed by atoms with Gasteiger partial charge in [0.1, 0.15) is 12.2 Å². The topological polar surface area (TPSA) is 107 Å². The quantitative estimate of drug-likeness (QED) is 0.392. The molecule has 4 atom stereocenters. The van der Waals surface area contributed by atoms with E-state index >= 15 is 0 Å². The van der Waals surface area contributed by atoms with Crippen LogP contribution in [0.1, 0.15) is 27.2 Å². The third-order valence-corrected chi connectivity index (χ3v) is 1.84. The average molecular weight is 209 g/mol. The van der Waals surface area contributed by atoms with Crippen molar-refractivity contribution in [2.45, 2.75) is 51.5 Å². The van der Waals surface area contributed by atoms with Crippen molar-refractivity contribution in [2.24, 2.45) is 5.73 Å². The summed E-state index contributed by atoms with van der Waals surface area (Å²) in [4.78, 5) is 0. The maximum Gasteiger partial charge on any atom is 0.109 e. The molecule has 4 unspecified atom stereocenters. The molecule has 0 rings (SSSR count). The van der Waals surface area contributed by atoms with Gasteiger partial charge in [0, 0.05) is 6.04 Å². The maximum absolute atomic E-state index is 9.24. The van der Waals surface area contributed by atoms with E-state index in [0.717, 1.165) is 0 Å². The molecule has 88 valence electrons. The minimum absolute atomic E-state index is 0.496. The Bertz CT molecular complexity index is 109. The average Bonchev–Trinajstić information content (AvgIpc) is 2.27. The molecular formula is C9H23NO4. The summed E-state index contributed by atoms with van der Waals surface area (Å²) in [6, 6.07) is -0.582. The first-order chi connectivity index (χ1) is 6.54. The van der Waals surface area contributed by atoms with Crippen LogP contribution in [0.2, 0.25) is 0 Å². The molecule has 0 fully saturated rings. The molecule has 0 spiro atoms. The van der Waals surface area contributed by atoms with Crippen molar-refractivity contribution in [3.63, 3.8) is 0 Å². The van der Waals surface area contributed by atoms with Gasteiger partial charge in [-0.25, -0.2) is 0 Å². The van der Waals surface area contributed by atoms with Crippen LogP contribution in [0.4, 0.5) is 0 Å². The van der Waals surface area contributed by atoms with Gasteiger partial charge >= 0.3 is 0 Å². The van der Waals surface area contributed by atoms with Crippen molar-refractivity contribution in [1.82, 2.24) is 0 Å². The minimum atomic E-state index is -1.38. The summed E-state index contributed by atoms with van der Waals surface area (Å²) < 4.78 is 0. The highest BCUT2D eigenvalue weighted by atomic mass is 16.4. The summed E-state index contributed by atoms with van der Waals surface area (Å²) in [5.41, 5.74) is 5.41. The summed E-state index contributed by atoms with van der Waals surface area (Å²) in [7, 11) is 0. The first-order valence-electron chi connectivity index (χ1n) is 4.95. The molecule has 0 bridgehead atoms. The van der Waals surface area contributed by atoms with Gasteiger partial charge in [0.25, 0.3) is 0 Å². The Kier molecular flexibility index (Phi) is 10.9. The molecule has 6 N–H and O–H groups in total. The monoisotopic (exact) mass is 209 g/mol. The van der Waals surface area contributed by atoms with Crippen LogP contribution < -0.4 is 5.73 Å². The number of hydrogen-bond acceptors (Lipinski definition) is 5. The Labute approximate surface area is 85.2 Å². The van der Waals surface area contributed by atoms with Crippen molar-refractivity contribution in [2.75, 3.05) is 6.61 Å². The second-order valence-corrected chi connectivity index (χ2v) is 2.80. The zero-order chi connectivity index (χ0) is 11.7. The third-order valence-electron chi connectivity index (χ3n) is 1.84. The van der Waals surface area contributed by atoms with Gasteiger partial charge in [0.15, 0.2) is 0 Å². The van der Waals surface area contributed by atoms with E-state index < -0.39 is 31.0 Å². The number of hydrogen-bond donors (Lipinski definition) is 5. The molecule has 0 aliphatic heterocycles. The molecule has 0 aromatic heterocycles. The van der Waals surface area contributed by atoms with E-state index in [0.29, 0.717) is 6.42 Å². The van der Waals surface area contributed by atoms with E-state index in [4.69, 9.17) is 21.1 Å². The van der Waals surface area contributed by atoms with E-state index in [9.17, 15) is 5.11 Å². The van der Waals surface area contributed by atoms with Crippen LogP contribution >= 0.6 is 0 Å². The van der Waals surface area contributed by atoms with E-state index in [2.05, 4.69) is 0 Å². The summed E-state index contributed by atoms with van der Waals surface area (Å²) in [6.07, 6.45) is -3.42. The molecule has 0 aromatic carbocycles. The van der Waals surface area contributed by atoms with Crippen LogP contribution in [0.3, 0.4) is 0 Å². The molecule has 0 saturated carbocycles. The molecular weight excluding hydrogens is 186 g/mol. The van der Waals surface area contributed by atoms with Gasteiger partial charge in [-0.2, -0.15) is 0 Å². The zero-order valence-electron chi connectivity index (χ0n) is 9.09. The summed E-state index contributed by atoms with van der Waals surface area (Å²) >= 11 is 0. The zero-order valence-corrected chi connectivity index (χ0v) is 9.09. The van der Waals surface area contributed by atoms with Gasteiger partial charge < -0.3 is 26.2 Å². The largest absolute Gasteiger partial charge is 0.394 e. The second kappa shape index (κ2) is 9.36. The highest BCUT2D eigenvalue weighted by Crippen LogP contribution is 2.05. The van der Waals surface area contributed by atoms with Gasteiger partial charge in [-0.3, -0.25) is 0 Å². The number of aliphatic hydroxyl groups is 4. The van der Waals surface area contributed by atoms with Crippen molar-refractivity contribution in [3.8, 4) is 0 Å². The fourth-order valence-corrected chi connectivity index (χ4v) is 0.830. The van der Waals surface area contributed by atoms with Gasteiger partial charge in [-0.15, -0.1) is 0 Å². The van der Waals surface area contributed by atoms with Crippen LogP contribution in [-0.4, -0.2) is 51.4 Å². The van der Waals surface area contributed by atoms with Gasteiger partial charge in [0.2, 0.25) is 0 Å². The Morgan fingerprint density at radius 3 is 1.79 bits per heavy atom. The summed E-state index contributed by atoms with van der Waals surface area (Å²) in [5, 5.41) is 35.8. The van der Waals surface area contributed by atoms with Gasteiger partial charge in [-0.05, 0) is 6.42 Å². The molecule has 0 radical (unpaired) electrons. The Morgan fingerprint density at radius 2 is 1.50 bits per heavy atom. The van der Waals surface area contributed by atoms with Crippen molar-refractivity contribution in [3.05, 3.63) is 0 Å². The standard InChI is InChI=1S/C7H17NO4.C2H6/c1-2-4(8)6(11)7(12)5(10)3-9;1-2/h4-7,9-12H,2-3,8H2,1H3;1-2H3. The smallest absolute Gasteiger partial charge is 0.109 e. The first-order valence-corrected chi connectivity index (χ1v) is 4.95. The third kappa shape index (κ3) is 5.51. The Balaban J connectivity index is 0. The normalized spacial score (nSPS) is 18.9. The van der Waals surface area contributed by atoms with E-state index in [-0.39, 0.29) is 0 Å². The lowest BCUT2D eigenvalue weighted by molar-refractivity contribution is -0.0835. The molecule has 14 heavy (non-hydrogen) atoms. The highest BCUT2D eigenvalue weighted by Gasteiger charge is 2.27. The van der Waals surface area contributed by atoms with Crippen LogP contribution in [0.5, 0.6) is 0 Å². The van der Waals surface area contributed by atoms with E-state index in [1.54, 1.807) is 6.92 Å². The number of rotatable bonds is 5. The summed E-state index contributed by atoms with van der Waals surface area (Å²) in [5.74, 6) is 0. The van der Waals surface area contributed by atoms with Gasteiger partial charge in [-0.1, -0.05) is 20.8 Å². The maximum atomic E-state index is 9.24. The van der Waals surface area contributed by atoms with Crippen molar-refractivity contribution >= 4 is 0 Å². The van der Waals surface area contributed by atoms with E-state index in [1.807, 2.05) is 13.8 Å². The SMILES string of the molecule is CC.CCC(N)C(O)C(O)C(O)CO. The second-order valence-electron chi connectivity index (χ2n) is 2.80. The fourth-order valence-electron chi connectivity index (χ4n) is 0.830. The molecule has 0 saturated heterocycles. The van der Waals surface area contributed by atoms with Crippen molar-refractivity contribution < 1.29 is 20.4 Å². The van der Waals surface area contributed by atoms with Gasteiger partial charge in [0.05, 0.1) is 12.7 Å². The predicted molar refractivity (Wildman–Crippen MR) is 54.7 cm³/mol. The Hall–Kier alpha value is -0.200. The molecule has 5 nitrogen and oxygen atoms in total. The number of nitrogens with two attached hydrogens (primary N) is 1. The van der Waals surface area contributed by atoms with Crippen LogP contribution in [0.15, 0.2) is 0 Å². The van der Waals surface area contributed by atoms with Crippen molar-refractivity contribution in [1.29, 1.82) is 0 Å².